The Labute approximate surface area is 142 Å². The van der Waals surface area contributed by atoms with E-state index < -0.39 is 0 Å². The molecule has 0 unspecified atom stereocenters. The van der Waals surface area contributed by atoms with Gasteiger partial charge in [-0.15, -0.1) is 0 Å². The zero-order valence-corrected chi connectivity index (χ0v) is 14.2. The number of ether oxygens (including phenoxy) is 1. The number of rotatable bonds is 6. The number of amides is 1. The minimum absolute atomic E-state index is 0.0892. The molecule has 0 radical (unpaired) electrons. The van der Waals surface area contributed by atoms with Gasteiger partial charge in [0.25, 0.3) is 5.91 Å². The highest BCUT2D eigenvalue weighted by molar-refractivity contribution is 5.81. The van der Waals surface area contributed by atoms with E-state index in [1.54, 1.807) is 24.5 Å². The van der Waals surface area contributed by atoms with Crippen LogP contribution in [0.5, 0.6) is 5.75 Å². The van der Waals surface area contributed by atoms with Crippen LogP contribution in [0.1, 0.15) is 32.1 Å². The van der Waals surface area contributed by atoms with Crippen molar-refractivity contribution >= 4 is 18.2 Å². The molecule has 1 N–H and O–H groups in total. The van der Waals surface area contributed by atoms with Crippen molar-refractivity contribution in [2.45, 2.75) is 26.2 Å². The van der Waals surface area contributed by atoms with Gasteiger partial charge in [-0.2, -0.15) is 5.10 Å². The van der Waals surface area contributed by atoms with Crippen molar-refractivity contribution in [1.82, 2.24) is 5.43 Å². The lowest BCUT2D eigenvalue weighted by atomic mass is 9.87. The summed E-state index contributed by atoms with van der Waals surface area (Å²) in [5, 5.41) is 3.80. The van der Waals surface area contributed by atoms with Gasteiger partial charge < -0.3 is 9.15 Å². The van der Waals surface area contributed by atoms with E-state index in [0.717, 1.165) is 5.76 Å². The van der Waals surface area contributed by atoms with E-state index in [1.807, 2.05) is 30.3 Å². The molecule has 0 aliphatic heterocycles. The van der Waals surface area contributed by atoms with Crippen molar-refractivity contribution in [1.29, 1.82) is 0 Å². The van der Waals surface area contributed by atoms with Crippen LogP contribution in [0.25, 0.3) is 6.08 Å². The fourth-order valence-corrected chi connectivity index (χ4v) is 1.91. The lowest BCUT2D eigenvalue weighted by Gasteiger charge is -2.19. The van der Waals surface area contributed by atoms with Crippen LogP contribution in [0, 0.1) is 0 Å². The monoisotopic (exact) mass is 326 g/mol. The third-order valence-electron chi connectivity index (χ3n) is 3.24. The van der Waals surface area contributed by atoms with Crippen molar-refractivity contribution in [2.24, 2.45) is 5.10 Å². The van der Waals surface area contributed by atoms with Crippen LogP contribution in [0.4, 0.5) is 0 Å². The number of benzene rings is 1. The highest BCUT2D eigenvalue weighted by atomic mass is 16.5. The largest absolute Gasteiger partial charge is 0.484 e. The Bertz CT molecular complexity index is 693. The van der Waals surface area contributed by atoms with E-state index in [2.05, 4.69) is 31.3 Å². The van der Waals surface area contributed by atoms with Crippen molar-refractivity contribution in [3.63, 3.8) is 0 Å². The highest BCUT2D eigenvalue weighted by Crippen LogP contribution is 2.24. The molecule has 1 heterocycles. The number of hydrogen-bond donors (Lipinski definition) is 1. The van der Waals surface area contributed by atoms with Gasteiger partial charge in [0, 0.05) is 6.21 Å². The number of nitrogens with zero attached hydrogens (tertiary/aromatic N) is 1. The molecule has 24 heavy (non-hydrogen) atoms. The molecule has 1 amide bonds. The third kappa shape index (κ3) is 5.76. The molecule has 0 spiro atoms. The van der Waals surface area contributed by atoms with Crippen LogP contribution < -0.4 is 10.2 Å². The van der Waals surface area contributed by atoms with Crippen LogP contribution in [0.2, 0.25) is 0 Å². The number of nitrogens with one attached hydrogen (secondary N) is 1. The minimum atomic E-state index is -0.322. The third-order valence-corrected chi connectivity index (χ3v) is 3.24. The van der Waals surface area contributed by atoms with Crippen LogP contribution >= 0.6 is 0 Å². The summed E-state index contributed by atoms with van der Waals surface area (Å²) >= 11 is 0. The molecule has 0 saturated heterocycles. The molecule has 0 bridgehead atoms. The van der Waals surface area contributed by atoms with Crippen LogP contribution in [-0.2, 0) is 10.2 Å². The second-order valence-electron chi connectivity index (χ2n) is 6.25. The molecular formula is C19H22N2O3. The summed E-state index contributed by atoms with van der Waals surface area (Å²) in [6.45, 7) is 6.35. The molecule has 0 atom stereocenters. The summed E-state index contributed by atoms with van der Waals surface area (Å²) < 4.78 is 10.6. The van der Waals surface area contributed by atoms with Gasteiger partial charge in [-0.1, -0.05) is 32.9 Å². The molecule has 0 saturated carbocycles. The predicted molar refractivity (Wildman–Crippen MR) is 95.0 cm³/mol. The van der Waals surface area contributed by atoms with E-state index in [4.69, 9.17) is 9.15 Å². The SMILES string of the molecule is CC(C)(C)c1ccc(OCC(=O)N/N=C/C=C/c2ccco2)cc1. The summed E-state index contributed by atoms with van der Waals surface area (Å²) in [6.07, 6.45) is 6.47. The molecule has 0 aliphatic rings. The van der Waals surface area contributed by atoms with E-state index in [1.165, 1.54) is 11.8 Å². The summed E-state index contributed by atoms with van der Waals surface area (Å²) in [5.41, 5.74) is 3.70. The minimum Gasteiger partial charge on any atom is -0.484 e. The van der Waals surface area contributed by atoms with Gasteiger partial charge in [0.1, 0.15) is 11.5 Å². The maximum atomic E-state index is 11.6. The van der Waals surface area contributed by atoms with Crippen LogP contribution in [0.3, 0.4) is 0 Å². The highest BCUT2D eigenvalue weighted by Gasteiger charge is 2.13. The van der Waals surface area contributed by atoms with Gasteiger partial charge in [0.05, 0.1) is 6.26 Å². The zero-order valence-electron chi connectivity index (χ0n) is 14.2. The first-order valence-corrected chi connectivity index (χ1v) is 7.70. The Balaban J connectivity index is 1.73. The first-order chi connectivity index (χ1) is 11.4. The Morgan fingerprint density at radius 1 is 1.25 bits per heavy atom. The second-order valence-corrected chi connectivity index (χ2v) is 6.25. The predicted octanol–water partition coefficient (Wildman–Crippen LogP) is 3.77. The van der Waals surface area contributed by atoms with Gasteiger partial charge in [-0.3, -0.25) is 4.79 Å². The maximum absolute atomic E-state index is 11.6. The number of carbonyl (C=O) groups is 1. The smallest absolute Gasteiger partial charge is 0.277 e. The number of hydrogen-bond acceptors (Lipinski definition) is 4. The summed E-state index contributed by atoms with van der Waals surface area (Å²) in [7, 11) is 0. The zero-order chi connectivity index (χ0) is 17.4. The fourth-order valence-electron chi connectivity index (χ4n) is 1.91. The molecule has 1 aromatic heterocycles. The van der Waals surface area contributed by atoms with E-state index in [0.29, 0.717) is 5.75 Å². The lowest BCUT2D eigenvalue weighted by molar-refractivity contribution is -0.123. The summed E-state index contributed by atoms with van der Waals surface area (Å²) in [6, 6.07) is 11.4. The molecule has 5 heteroatoms. The van der Waals surface area contributed by atoms with Crippen LogP contribution in [0.15, 0.2) is 58.3 Å². The first-order valence-electron chi connectivity index (χ1n) is 7.70. The molecular weight excluding hydrogens is 304 g/mol. The quantitative estimate of drug-likeness (QED) is 0.649. The van der Waals surface area contributed by atoms with Crippen LogP contribution in [-0.4, -0.2) is 18.7 Å². The molecule has 126 valence electrons. The van der Waals surface area contributed by atoms with Crippen molar-refractivity contribution in [3.8, 4) is 5.75 Å². The molecule has 2 rings (SSSR count). The number of carbonyl (C=O) groups excluding carboxylic acids is 1. The molecule has 0 aliphatic carbocycles. The van der Waals surface area contributed by atoms with E-state index in [-0.39, 0.29) is 17.9 Å². The molecule has 0 fully saturated rings. The van der Waals surface area contributed by atoms with Gasteiger partial charge in [0.15, 0.2) is 6.61 Å². The summed E-state index contributed by atoms with van der Waals surface area (Å²) in [5.74, 6) is 1.05. The van der Waals surface area contributed by atoms with Crippen molar-refractivity contribution < 1.29 is 13.9 Å². The maximum Gasteiger partial charge on any atom is 0.277 e. The standard InChI is InChI=1S/C19H22N2O3/c1-19(2,3)15-8-10-17(11-9-15)24-14-18(22)21-20-12-4-6-16-7-5-13-23-16/h4-13H,14H2,1-3H3,(H,21,22)/b6-4+,20-12+. The first kappa shape index (κ1) is 17.5. The Hall–Kier alpha value is -2.82. The topological polar surface area (TPSA) is 63.8 Å². The summed E-state index contributed by atoms with van der Waals surface area (Å²) in [4.78, 5) is 11.6. The van der Waals surface area contributed by atoms with Crippen molar-refractivity contribution in [3.05, 3.63) is 60.1 Å². The lowest BCUT2D eigenvalue weighted by Crippen LogP contribution is -2.24. The van der Waals surface area contributed by atoms with E-state index >= 15 is 0 Å². The van der Waals surface area contributed by atoms with Gasteiger partial charge in [-0.25, -0.2) is 5.43 Å². The molecule has 2 aromatic rings. The van der Waals surface area contributed by atoms with Gasteiger partial charge in [0.2, 0.25) is 0 Å². The molecule has 1 aromatic carbocycles. The average Bonchev–Trinajstić information content (AvgIpc) is 3.05. The number of furan rings is 1. The molecule has 5 nitrogen and oxygen atoms in total. The number of hydrazone groups is 1. The van der Waals surface area contributed by atoms with Gasteiger partial charge >= 0.3 is 0 Å². The van der Waals surface area contributed by atoms with Crippen molar-refractivity contribution in [2.75, 3.05) is 6.61 Å². The average molecular weight is 326 g/mol. The normalized spacial score (nSPS) is 12.0. The number of allylic oxidation sites excluding steroid dienone is 1. The Morgan fingerprint density at radius 3 is 2.62 bits per heavy atom. The van der Waals surface area contributed by atoms with E-state index in [9.17, 15) is 4.79 Å². The Kier molecular flexibility index (Phi) is 5.95. The fraction of sp³-hybridized carbons (Fsp3) is 0.263. The second kappa shape index (κ2) is 8.15. The van der Waals surface area contributed by atoms with Gasteiger partial charge in [-0.05, 0) is 47.4 Å². The Morgan fingerprint density at radius 2 is 2.00 bits per heavy atom.